The van der Waals surface area contributed by atoms with Crippen molar-refractivity contribution in [2.24, 2.45) is 0 Å². The van der Waals surface area contributed by atoms with Gasteiger partial charge in [-0.05, 0) is 61.2 Å². The van der Waals surface area contributed by atoms with Crippen molar-refractivity contribution < 1.29 is 13.9 Å². The Bertz CT molecular complexity index is 918. The van der Waals surface area contributed by atoms with Crippen molar-refractivity contribution in [1.82, 2.24) is 10.2 Å². The van der Waals surface area contributed by atoms with E-state index in [1.54, 1.807) is 0 Å². The Morgan fingerprint density at radius 3 is 2.50 bits per heavy atom. The van der Waals surface area contributed by atoms with Crippen LogP contribution in [0.5, 0.6) is 5.75 Å². The smallest absolute Gasteiger partial charge is 0.277 e. The molecule has 2 aromatic carbocycles. The minimum absolute atomic E-state index is 0.123. The number of nitrogens with one attached hydrogen (secondary N) is 1. The van der Waals surface area contributed by atoms with Gasteiger partial charge in [0.05, 0.1) is 5.75 Å². The van der Waals surface area contributed by atoms with Gasteiger partial charge in [-0.1, -0.05) is 36.9 Å². The SMILES string of the molecule is CCc1ccc(OCc2nnc(SCC(=O)Nc3cc(C)cc(C)c3)o2)cc1. The lowest BCUT2D eigenvalue weighted by atomic mass is 10.1. The van der Waals surface area contributed by atoms with E-state index in [2.05, 4.69) is 28.5 Å². The minimum Gasteiger partial charge on any atom is -0.484 e. The quantitative estimate of drug-likeness (QED) is 0.562. The Morgan fingerprint density at radius 1 is 1.11 bits per heavy atom. The zero-order valence-electron chi connectivity index (χ0n) is 16.2. The van der Waals surface area contributed by atoms with Gasteiger partial charge in [0.15, 0.2) is 6.61 Å². The second-order valence-electron chi connectivity index (χ2n) is 6.46. The van der Waals surface area contributed by atoms with Crippen molar-refractivity contribution >= 4 is 23.4 Å². The van der Waals surface area contributed by atoms with E-state index in [-0.39, 0.29) is 18.3 Å². The van der Waals surface area contributed by atoms with Crippen molar-refractivity contribution in [3.63, 3.8) is 0 Å². The van der Waals surface area contributed by atoms with Gasteiger partial charge >= 0.3 is 0 Å². The molecule has 1 N–H and O–H groups in total. The van der Waals surface area contributed by atoms with Crippen LogP contribution in [0.25, 0.3) is 0 Å². The highest BCUT2D eigenvalue weighted by Gasteiger charge is 2.11. The average Bonchev–Trinajstić information content (AvgIpc) is 3.12. The van der Waals surface area contributed by atoms with Gasteiger partial charge in [0, 0.05) is 5.69 Å². The Morgan fingerprint density at radius 2 is 1.82 bits per heavy atom. The Kier molecular flexibility index (Phi) is 6.71. The van der Waals surface area contributed by atoms with Crippen LogP contribution in [0, 0.1) is 13.8 Å². The molecule has 146 valence electrons. The van der Waals surface area contributed by atoms with Crippen molar-refractivity contribution in [2.45, 2.75) is 39.0 Å². The second-order valence-corrected chi connectivity index (χ2v) is 7.39. The molecule has 0 aliphatic carbocycles. The molecule has 0 saturated carbocycles. The molecular weight excluding hydrogens is 374 g/mol. The van der Waals surface area contributed by atoms with Crippen LogP contribution < -0.4 is 10.1 Å². The van der Waals surface area contributed by atoms with Crippen molar-refractivity contribution in [1.29, 1.82) is 0 Å². The first-order valence-electron chi connectivity index (χ1n) is 9.07. The number of carbonyl (C=O) groups excluding carboxylic acids is 1. The molecule has 0 aliphatic rings. The van der Waals surface area contributed by atoms with Crippen LogP contribution >= 0.6 is 11.8 Å². The van der Waals surface area contributed by atoms with E-state index in [1.165, 1.54) is 17.3 Å². The van der Waals surface area contributed by atoms with Crippen LogP contribution in [-0.2, 0) is 17.8 Å². The molecule has 1 aromatic heterocycles. The Balaban J connectivity index is 1.46. The summed E-state index contributed by atoms with van der Waals surface area (Å²) < 4.78 is 11.2. The van der Waals surface area contributed by atoms with Gasteiger partial charge in [0.25, 0.3) is 11.1 Å². The third-order valence-electron chi connectivity index (χ3n) is 3.97. The fourth-order valence-electron chi connectivity index (χ4n) is 2.69. The lowest BCUT2D eigenvalue weighted by Gasteiger charge is -2.06. The molecule has 6 nitrogen and oxygen atoms in total. The molecule has 0 aliphatic heterocycles. The van der Waals surface area contributed by atoms with Gasteiger partial charge in [0.1, 0.15) is 5.75 Å². The predicted molar refractivity (Wildman–Crippen MR) is 110 cm³/mol. The Hall–Kier alpha value is -2.80. The number of thioether (sulfide) groups is 1. The molecule has 0 saturated heterocycles. The van der Waals surface area contributed by atoms with Gasteiger partial charge in [-0.3, -0.25) is 4.79 Å². The molecule has 1 heterocycles. The highest BCUT2D eigenvalue weighted by Crippen LogP contribution is 2.19. The fraction of sp³-hybridized carbons (Fsp3) is 0.286. The molecule has 0 radical (unpaired) electrons. The normalized spacial score (nSPS) is 10.7. The zero-order chi connectivity index (χ0) is 19.9. The van der Waals surface area contributed by atoms with Crippen LogP contribution in [0.1, 0.15) is 29.5 Å². The molecule has 7 heteroatoms. The van der Waals surface area contributed by atoms with Crippen molar-refractivity contribution in [3.8, 4) is 5.75 Å². The summed E-state index contributed by atoms with van der Waals surface area (Å²) in [4.78, 5) is 12.1. The third-order valence-corrected chi connectivity index (χ3v) is 4.79. The van der Waals surface area contributed by atoms with Gasteiger partial charge < -0.3 is 14.5 Å². The summed E-state index contributed by atoms with van der Waals surface area (Å²) >= 11 is 1.20. The summed E-state index contributed by atoms with van der Waals surface area (Å²) in [6.07, 6.45) is 0.988. The van der Waals surface area contributed by atoms with E-state index in [4.69, 9.17) is 9.15 Å². The number of ether oxygens (including phenoxy) is 1. The van der Waals surface area contributed by atoms with Crippen LogP contribution in [0.4, 0.5) is 5.69 Å². The van der Waals surface area contributed by atoms with E-state index in [0.717, 1.165) is 29.0 Å². The summed E-state index contributed by atoms with van der Waals surface area (Å²) in [6, 6.07) is 13.8. The molecule has 0 atom stereocenters. The summed E-state index contributed by atoms with van der Waals surface area (Å²) in [5.41, 5.74) is 4.25. The first kappa shape index (κ1) is 19.9. The van der Waals surface area contributed by atoms with Gasteiger partial charge in [-0.2, -0.15) is 0 Å². The van der Waals surface area contributed by atoms with E-state index in [9.17, 15) is 4.79 Å². The van der Waals surface area contributed by atoms with E-state index < -0.39 is 0 Å². The average molecular weight is 398 g/mol. The number of rotatable bonds is 8. The third kappa shape index (κ3) is 5.85. The van der Waals surface area contributed by atoms with Gasteiger partial charge in [-0.25, -0.2) is 0 Å². The molecular formula is C21H23N3O3S. The number of benzene rings is 2. The molecule has 0 unspecified atom stereocenters. The largest absolute Gasteiger partial charge is 0.484 e. The number of nitrogens with zero attached hydrogens (tertiary/aromatic N) is 2. The van der Waals surface area contributed by atoms with Gasteiger partial charge in [-0.15, -0.1) is 10.2 Å². The minimum atomic E-state index is -0.123. The maximum absolute atomic E-state index is 12.1. The number of hydrogen-bond donors (Lipinski definition) is 1. The molecule has 28 heavy (non-hydrogen) atoms. The Labute approximate surface area is 168 Å². The van der Waals surface area contributed by atoms with Crippen molar-refractivity contribution in [2.75, 3.05) is 11.1 Å². The van der Waals surface area contributed by atoms with E-state index >= 15 is 0 Å². The maximum Gasteiger partial charge on any atom is 0.277 e. The molecule has 3 aromatic rings. The number of aromatic nitrogens is 2. The standard InChI is InChI=1S/C21H23N3O3S/c1-4-16-5-7-18(8-6-16)26-12-20-23-24-21(27-20)28-13-19(25)22-17-10-14(2)9-15(3)11-17/h5-11H,4,12-13H2,1-3H3,(H,22,25). The highest BCUT2D eigenvalue weighted by molar-refractivity contribution is 7.99. The van der Waals surface area contributed by atoms with E-state index in [1.807, 2.05) is 50.2 Å². The lowest BCUT2D eigenvalue weighted by Crippen LogP contribution is -2.14. The lowest BCUT2D eigenvalue weighted by molar-refractivity contribution is -0.113. The second kappa shape index (κ2) is 9.41. The zero-order valence-corrected chi connectivity index (χ0v) is 17.0. The number of hydrogen-bond acceptors (Lipinski definition) is 6. The number of anilines is 1. The summed E-state index contributed by atoms with van der Waals surface area (Å²) in [5.74, 6) is 1.18. The topological polar surface area (TPSA) is 77.2 Å². The van der Waals surface area contributed by atoms with Crippen LogP contribution in [0.2, 0.25) is 0 Å². The fourth-order valence-corrected chi connectivity index (χ4v) is 3.27. The molecule has 3 rings (SSSR count). The van der Waals surface area contributed by atoms with Crippen molar-refractivity contribution in [3.05, 3.63) is 65.0 Å². The van der Waals surface area contributed by atoms with E-state index in [0.29, 0.717) is 11.1 Å². The molecule has 0 spiro atoms. The molecule has 0 bridgehead atoms. The first-order chi connectivity index (χ1) is 13.5. The number of carbonyl (C=O) groups is 1. The summed E-state index contributed by atoms with van der Waals surface area (Å²) in [5, 5.41) is 11.1. The van der Waals surface area contributed by atoms with Gasteiger partial charge in [0.2, 0.25) is 5.91 Å². The van der Waals surface area contributed by atoms with Crippen LogP contribution in [0.3, 0.4) is 0 Å². The molecule has 1 amide bonds. The molecule has 0 fully saturated rings. The predicted octanol–water partition coefficient (Wildman–Crippen LogP) is 4.56. The number of amides is 1. The first-order valence-corrected chi connectivity index (χ1v) is 10.1. The summed E-state index contributed by atoms with van der Waals surface area (Å²) in [7, 11) is 0. The monoisotopic (exact) mass is 397 g/mol. The number of aryl methyl sites for hydroxylation is 3. The maximum atomic E-state index is 12.1. The van der Waals surface area contributed by atoms with Crippen LogP contribution in [-0.4, -0.2) is 21.9 Å². The summed E-state index contributed by atoms with van der Waals surface area (Å²) in [6.45, 7) is 6.29. The van der Waals surface area contributed by atoms with Crippen LogP contribution in [0.15, 0.2) is 52.1 Å². The highest BCUT2D eigenvalue weighted by atomic mass is 32.2.